The van der Waals surface area contributed by atoms with Crippen molar-refractivity contribution in [3.05, 3.63) is 11.6 Å². The molecule has 12 heavy (non-hydrogen) atoms. The zero-order chi connectivity index (χ0) is 9.30. The third kappa shape index (κ3) is 1.10. The maximum absolute atomic E-state index is 9.07. The van der Waals surface area contributed by atoms with Crippen molar-refractivity contribution in [3.8, 4) is 11.5 Å². The third-order valence-electron chi connectivity index (χ3n) is 1.62. The monoisotopic (exact) mass is 170 g/mol. The summed E-state index contributed by atoms with van der Waals surface area (Å²) in [5, 5.41) is 26.8. The number of nitrogen functional groups attached to an aromatic ring is 2. The molecule has 0 spiro atoms. The Balaban J connectivity index is 3.39. The number of benzene rings is 1. The van der Waals surface area contributed by atoms with Crippen molar-refractivity contribution in [2.75, 3.05) is 11.5 Å². The zero-order valence-electron chi connectivity index (χ0n) is 6.28. The lowest BCUT2D eigenvalue weighted by Crippen LogP contribution is -2.00. The summed E-state index contributed by atoms with van der Waals surface area (Å²) in [5.41, 5.74) is 11.0. The van der Waals surface area contributed by atoms with Gasteiger partial charge in [-0.1, -0.05) is 0 Å². The number of phenolic OH excluding ortho intramolecular Hbond substituents is 2. The van der Waals surface area contributed by atoms with Crippen molar-refractivity contribution in [1.82, 2.24) is 0 Å². The number of hydrogen-bond donors (Lipinski definition) is 5. The van der Waals surface area contributed by atoms with Gasteiger partial charge in [-0.05, 0) is 6.07 Å². The van der Waals surface area contributed by atoms with Crippen LogP contribution in [0.2, 0.25) is 0 Å². The standard InChI is InChI=1S/C7H10N2O3/c8-5-3(2-10)1-4(11)7(12)6(5)9/h1,10-12H,2,8-9H2. The van der Waals surface area contributed by atoms with Crippen LogP contribution in [0.5, 0.6) is 11.5 Å². The molecule has 0 aromatic heterocycles. The van der Waals surface area contributed by atoms with E-state index in [1.54, 1.807) is 0 Å². The number of rotatable bonds is 1. The highest BCUT2D eigenvalue weighted by atomic mass is 16.3. The molecule has 1 rings (SSSR count). The van der Waals surface area contributed by atoms with Gasteiger partial charge in [0.15, 0.2) is 11.5 Å². The van der Waals surface area contributed by atoms with Gasteiger partial charge in [0.05, 0.1) is 12.3 Å². The predicted octanol–water partition coefficient (Wildman–Crippen LogP) is -0.245. The molecule has 0 aliphatic heterocycles. The average Bonchev–Trinajstić information content (AvgIpc) is 2.08. The van der Waals surface area contributed by atoms with E-state index in [0.717, 1.165) is 0 Å². The summed E-state index contributed by atoms with van der Waals surface area (Å²) in [7, 11) is 0. The molecule has 0 bridgehead atoms. The minimum Gasteiger partial charge on any atom is -0.504 e. The number of aromatic hydroxyl groups is 2. The summed E-state index contributed by atoms with van der Waals surface area (Å²) in [5.74, 6) is -0.838. The largest absolute Gasteiger partial charge is 0.504 e. The highest BCUT2D eigenvalue weighted by Gasteiger charge is 2.11. The highest BCUT2D eigenvalue weighted by molar-refractivity contribution is 5.77. The van der Waals surface area contributed by atoms with E-state index in [4.69, 9.17) is 26.8 Å². The van der Waals surface area contributed by atoms with Crippen LogP contribution in [0.3, 0.4) is 0 Å². The maximum Gasteiger partial charge on any atom is 0.183 e. The molecule has 0 unspecified atom stereocenters. The second-order valence-corrected chi connectivity index (χ2v) is 2.39. The summed E-state index contributed by atoms with van der Waals surface area (Å²) in [6.45, 7) is -0.329. The summed E-state index contributed by atoms with van der Waals surface area (Å²) in [6, 6.07) is 1.17. The van der Waals surface area contributed by atoms with Gasteiger partial charge in [0.2, 0.25) is 0 Å². The van der Waals surface area contributed by atoms with E-state index < -0.39 is 5.75 Å². The SMILES string of the molecule is Nc1c(CO)cc(O)c(O)c1N. The van der Waals surface area contributed by atoms with Gasteiger partial charge in [-0.3, -0.25) is 0 Å². The summed E-state index contributed by atoms with van der Waals surface area (Å²) in [6.07, 6.45) is 0. The second-order valence-electron chi connectivity index (χ2n) is 2.39. The molecule has 5 nitrogen and oxygen atoms in total. The lowest BCUT2D eigenvalue weighted by atomic mass is 10.1. The minimum atomic E-state index is -0.454. The van der Waals surface area contributed by atoms with E-state index in [-0.39, 0.29) is 23.7 Å². The van der Waals surface area contributed by atoms with Crippen LogP contribution < -0.4 is 11.5 Å². The van der Waals surface area contributed by atoms with Crippen LogP contribution in [0.25, 0.3) is 0 Å². The molecular weight excluding hydrogens is 160 g/mol. The van der Waals surface area contributed by atoms with Crippen LogP contribution in [0.15, 0.2) is 6.07 Å². The van der Waals surface area contributed by atoms with Crippen molar-refractivity contribution >= 4 is 11.4 Å². The van der Waals surface area contributed by atoms with Gasteiger partial charge in [0.1, 0.15) is 5.69 Å². The van der Waals surface area contributed by atoms with Crippen LogP contribution in [-0.4, -0.2) is 15.3 Å². The number of hydrogen-bond acceptors (Lipinski definition) is 5. The fourth-order valence-electron chi connectivity index (χ4n) is 0.880. The predicted molar refractivity (Wildman–Crippen MR) is 44.5 cm³/mol. The van der Waals surface area contributed by atoms with Crippen LogP contribution in [0.4, 0.5) is 11.4 Å². The van der Waals surface area contributed by atoms with E-state index in [1.165, 1.54) is 6.07 Å². The van der Waals surface area contributed by atoms with Crippen LogP contribution in [0.1, 0.15) is 5.56 Å². The quantitative estimate of drug-likeness (QED) is 0.227. The first-order valence-electron chi connectivity index (χ1n) is 3.27. The summed E-state index contributed by atoms with van der Waals surface area (Å²) >= 11 is 0. The van der Waals surface area contributed by atoms with Gasteiger partial charge in [0, 0.05) is 5.56 Å². The lowest BCUT2D eigenvalue weighted by Gasteiger charge is -2.08. The smallest absolute Gasteiger partial charge is 0.183 e. The molecule has 0 aliphatic carbocycles. The van der Waals surface area contributed by atoms with Crippen molar-refractivity contribution in [3.63, 3.8) is 0 Å². The van der Waals surface area contributed by atoms with E-state index in [0.29, 0.717) is 5.56 Å². The Hall–Kier alpha value is -1.62. The van der Waals surface area contributed by atoms with Gasteiger partial charge in [-0.25, -0.2) is 0 Å². The van der Waals surface area contributed by atoms with Crippen molar-refractivity contribution in [2.24, 2.45) is 0 Å². The van der Waals surface area contributed by atoms with Gasteiger partial charge >= 0.3 is 0 Å². The first-order chi connectivity index (χ1) is 5.57. The summed E-state index contributed by atoms with van der Waals surface area (Å²) in [4.78, 5) is 0. The second kappa shape index (κ2) is 2.78. The van der Waals surface area contributed by atoms with Crippen LogP contribution >= 0.6 is 0 Å². The molecule has 0 atom stereocenters. The molecule has 0 amide bonds. The first kappa shape index (κ1) is 8.48. The van der Waals surface area contributed by atoms with Gasteiger partial charge < -0.3 is 26.8 Å². The zero-order valence-corrected chi connectivity index (χ0v) is 6.28. The Morgan fingerprint density at radius 3 is 2.25 bits per heavy atom. The van der Waals surface area contributed by atoms with E-state index in [1.807, 2.05) is 0 Å². The Bertz CT molecular complexity index is 312. The Labute approximate surface area is 68.9 Å². The number of anilines is 2. The third-order valence-corrected chi connectivity index (χ3v) is 1.62. The van der Waals surface area contributed by atoms with E-state index in [9.17, 15) is 0 Å². The molecule has 1 aromatic rings. The molecule has 66 valence electrons. The number of nitrogens with two attached hydrogens (primary N) is 2. The Morgan fingerprint density at radius 1 is 1.17 bits per heavy atom. The summed E-state index contributed by atoms with van der Waals surface area (Å²) < 4.78 is 0. The first-order valence-corrected chi connectivity index (χ1v) is 3.27. The Kier molecular flexibility index (Phi) is 1.97. The fraction of sp³-hybridized carbons (Fsp3) is 0.143. The van der Waals surface area contributed by atoms with Crippen LogP contribution in [0, 0.1) is 0 Å². The van der Waals surface area contributed by atoms with Gasteiger partial charge in [-0.2, -0.15) is 0 Å². The van der Waals surface area contributed by atoms with Crippen molar-refractivity contribution < 1.29 is 15.3 Å². The number of aliphatic hydroxyl groups excluding tert-OH is 1. The molecule has 1 aromatic carbocycles. The molecular formula is C7H10N2O3. The Morgan fingerprint density at radius 2 is 1.75 bits per heavy atom. The molecule has 0 fully saturated rings. The van der Waals surface area contributed by atoms with Crippen molar-refractivity contribution in [1.29, 1.82) is 0 Å². The van der Waals surface area contributed by atoms with E-state index >= 15 is 0 Å². The van der Waals surface area contributed by atoms with Crippen molar-refractivity contribution in [2.45, 2.75) is 6.61 Å². The molecule has 0 aliphatic rings. The number of phenols is 2. The van der Waals surface area contributed by atoms with Gasteiger partial charge in [0.25, 0.3) is 0 Å². The topological polar surface area (TPSA) is 113 Å². The van der Waals surface area contributed by atoms with Crippen LogP contribution in [-0.2, 0) is 6.61 Å². The molecule has 5 heteroatoms. The molecule has 0 saturated heterocycles. The molecule has 0 heterocycles. The van der Waals surface area contributed by atoms with E-state index in [2.05, 4.69) is 0 Å². The average molecular weight is 170 g/mol. The fourth-order valence-corrected chi connectivity index (χ4v) is 0.880. The number of aliphatic hydroxyl groups is 1. The molecule has 0 radical (unpaired) electrons. The maximum atomic E-state index is 9.07. The minimum absolute atomic E-state index is 0.0906. The highest BCUT2D eigenvalue weighted by Crippen LogP contribution is 2.37. The normalized spacial score (nSPS) is 10.1. The van der Waals surface area contributed by atoms with Gasteiger partial charge in [-0.15, -0.1) is 0 Å². The molecule has 7 N–H and O–H groups in total. The molecule has 0 saturated carbocycles. The lowest BCUT2D eigenvalue weighted by molar-refractivity contribution is 0.281.